The molecule has 0 spiro atoms. The van der Waals surface area contributed by atoms with Gasteiger partial charge in [-0.25, -0.2) is 0 Å². The highest BCUT2D eigenvalue weighted by Gasteiger charge is 2.39. The summed E-state index contributed by atoms with van der Waals surface area (Å²) in [5.41, 5.74) is 7.03. The first-order valence-electron chi connectivity index (χ1n) is 5.32. The Morgan fingerprint density at radius 3 is 2.35 bits per heavy atom. The van der Waals surface area contributed by atoms with E-state index in [9.17, 15) is 9.59 Å². The molecule has 0 aliphatic heterocycles. The van der Waals surface area contributed by atoms with Crippen LogP contribution in [-0.2, 0) is 9.59 Å². The van der Waals surface area contributed by atoms with E-state index in [4.69, 9.17) is 15.9 Å². The molecule has 1 aliphatic carbocycles. The molecule has 3 unspecified atom stereocenters. The Morgan fingerprint density at radius 2 is 1.82 bits per heavy atom. The lowest BCUT2D eigenvalue weighted by Crippen LogP contribution is -2.35. The van der Waals surface area contributed by atoms with Gasteiger partial charge in [-0.15, -0.1) is 0 Å². The van der Waals surface area contributed by atoms with Crippen molar-refractivity contribution in [1.82, 2.24) is 0 Å². The Morgan fingerprint density at radius 1 is 1.24 bits per heavy atom. The SMILES string of the molecule is NC(C(=O)O)C1CC(C(=O)O)c2ccccc21. The fourth-order valence-electron chi connectivity index (χ4n) is 2.42. The Labute approximate surface area is 97.9 Å². The van der Waals surface area contributed by atoms with Crippen LogP contribution in [0, 0.1) is 0 Å². The van der Waals surface area contributed by atoms with Crippen molar-refractivity contribution < 1.29 is 19.8 Å². The summed E-state index contributed by atoms with van der Waals surface area (Å²) in [4.78, 5) is 22.0. The smallest absolute Gasteiger partial charge is 0.321 e. The molecule has 0 aromatic heterocycles. The molecule has 0 heterocycles. The van der Waals surface area contributed by atoms with Gasteiger partial charge in [-0.2, -0.15) is 0 Å². The molecule has 1 aromatic carbocycles. The molecule has 3 atom stereocenters. The number of hydrogen-bond acceptors (Lipinski definition) is 3. The van der Waals surface area contributed by atoms with Crippen molar-refractivity contribution in [3.05, 3.63) is 35.4 Å². The average molecular weight is 235 g/mol. The second-order valence-electron chi connectivity index (χ2n) is 4.23. The summed E-state index contributed by atoms with van der Waals surface area (Å²) in [6.45, 7) is 0. The van der Waals surface area contributed by atoms with Crippen LogP contribution in [0.15, 0.2) is 24.3 Å². The minimum atomic E-state index is -1.10. The van der Waals surface area contributed by atoms with Crippen molar-refractivity contribution in [1.29, 1.82) is 0 Å². The van der Waals surface area contributed by atoms with Crippen molar-refractivity contribution in [2.45, 2.75) is 24.3 Å². The predicted octanol–water partition coefficient (Wildman–Crippen LogP) is 0.754. The predicted molar refractivity (Wildman–Crippen MR) is 59.8 cm³/mol. The molecule has 2 rings (SSSR count). The molecule has 0 saturated carbocycles. The zero-order valence-corrected chi connectivity index (χ0v) is 9.04. The van der Waals surface area contributed by atoms with Gasteiger partial charge in [0.05, 0.1) is 5.92 Å². The van der Waals surface area contributed by atoms with Gasteiger partial charge >= 0.3 is 11.9 Å². The summed E-state index contributed by atoms with van der Waals surface area (Å²) < 4.78 is 0. The van der Waals surface area contributed by atoms with Crippen molar-refractivity contribution in [2.75, 3.05) is 0 Å². The quantitative estimate of drug-likeness (QED) is 0.717. The number of fused-ring (bicyclic) bond motifs is 1. The van der Waals surface area contributed by atoms with Gasteiger partial charge in [0.1, 0.15) is 6.04 Å². The normalized spacial score (nSPS) is 24.1. The van der Waals surface area contributed by atoms with Crippen LogP contribution in [-0.4, -0.2) is 28.2 Å². The molecular formula is C12H13NO4. The van der Waals surface area contributed by atoms with E-state index in [1.807, 2.05) is 0 Å². The second kappa shape index (κ2) is 4.18. The van der Waals surface area contributed by atoms with E-state index in [2.05, 4.69) is 0 Å². The minimum Gasteiger partial charge on any atom is -0.481 e. The third-order valence-corrected chi connectivity index (χ3v) is 3.28. The number of hydrogen-bond donors (Lipinski definition) is 3. The molecule has 0 amide bonds. The topological polar surface area (TPSA) is 101 Å². The number of rotatable bonds is 3. The molecule has 5 nitrogen and oxygen atoms in total. The van der Waals surface area contributed by atoms with Crippen LogP contribution in [0.4, 0.5) is 0 Å². The van der Waals surface area contributed by atoms with Crippen molar-refractivity contribution in [3.8, 4) is 0 Å². The van der Waals surface area contributed by atoms with Gasteiger partial charge in [0, 0.05) is 5.92 Å². The number of benzene rings is 1. The highest BCUT2D eigenvalue weighted by atomic mass is 16.4. The van der Waals surface area contributed by atoms with E-state index in [0.717, 1.165) is 5.56 Å². The highest BCUT2D eigenvalue weighted by Crippen LogP contribution is 2.43. The van der Waals surface area contributed by atoms with E-state index in [0.29, 0.717) is 5.56 Å². The Bertz CT molecular complexity index is 471. The monoisotopic (exact) mass is 235 g/mol. The largest absolute Gasteiger partial charge is 0.481 e. The minimum absolute atomic E-state index is 0.252. The Hall–Kier alpha value is -1.88. The molecule has 0 saturated heterocycles. The van der Waals surface area contributed by atoms with Gasteiger partial charge in [-0.3, -0.25) is 9.59 Å². The number of carboxylic acids is 2. The Balaban J connectivity index is 2.41. The maximum Gasteiger partial charge on any atom is 0.321 e. The standard InChI is InChI=1S/C12H13NO4/c13-10(12(16)17)8-5-9(11(14)15)7-4-2-1-3-6(7)8/h1-4,8-10H,5,13H2,(H,14,15)(H,16,17). The van der Waals surface area contributed by atoms with Crippen molar-refractivity contribution >= 4 is 11.9 Å². The van der Waals surface area contributed by atoms with Crippen molar-refractivity contribution in [3.63, 3.8) is 0 Å². The second-order valence-corrected chi connectivity index (χ2v) is 4.23. The molecule has 17 heavy (non-hydrogen) atoms. The summed E-state index contributed by atoms with van der Waals surface area (Å²) in [6.07, 6.45) is 0.252. The van der Waals surface area contributed by atoms with Crippen LogP contribution in [0.1, 0.15) is 29.4 Å². The molecule has 0 bridgehead atoms. The van der Waals surface area contributed by atoms with Crippen LogP contribution < -0.4 is 5.73 Å². The van der Waals surface area contributed by atoms with E-state index < -0.39 is 29.8 Å². The van der Waals surface area contributed by atoms with Gasteiger partial charge in [0.25, 0.3) is 0 Å². The lowest BCUT2D eigenvalue weighted by atomic mass is 9.93. The van der Waals surface area contributed by atoms with Gasteiger partial charge < -0.3 is 15.9 Å². The first-order valence-corrected chi connectivity index (χ1v) is 5.32. The van der Waals surface area contributed by atoms with Crippen molar-refractivity contribution in [2.24, 2.45) is 5.73 Å². The summed E-state index contributed by atoms with van der Waals surface area (Å²) in [5, 5.41) is 18.0. The molecule has 4 N–H and O–H groups in total. The van der Waals surface area contributed by atoms with Gasteiger partial charge in [-0.1, -0.05) is 24.3 Å². The third kappa shape index (κ3) is 1.89. The molecule has 1 aromatic rings. The van der Waals surface area contributed by atoms with Gasteiger partial charge in [-0.05, 0) is 17.5 Å². The van der Waals surface area contributed by atoms with Crippen LogP contribution in [0.2, 0.25) is 0 Å². The Kier molecular flexibility index (Phi) is 2.85. The van der Waals surface area contributed by atoms with Crippen LogP contribution >= 0.6 is 0 Å². The van der Waals surface area contributed by atoms with Crippen LogP contribution in [0.25, 0.3) is 0 Å². The summed E-state index contributed by atoms with van der Waals surface area (Å²) in [5.74, 6) is -3.11. The van der Waals surface area contributed by atoms with E-state index >= 15 is 0 Å². The first kappa shape index (κ1) is 11.6. The summed E-state index contributed by atoms with van der Waals surface area (Å²) in [6, 6.07) is 5.95. The van der Waals surface area contributed by atoms with E-state index in [-0.39, 0.29) is 6.42 Å². The first-order chi connectivity index (χ1) is 8.02. The van der Waals surface area contributed by atoms with Crippen LogP contribution in [0.5, 0.6) is 0 Å². The molecular weight excluding hydrogens is 222 g/mol. The van der Waals surface area contributed by atoms with E-state index in [1.54, 1.807) is 24.3 Å². The number of nitrogens with two attached hydrogens (primary N) is 1. The zero-order chi connectivity index (χ0) is 12.6. The number of aliphatic carboxylic acids is 2. The summed E-state index contributed by atoms with van der Waals surface area (Å²) in [7, 11) is 0. The fourth-order valence-corrected chi connectivity index (χ4v) is 2.42. The maximum absolute atomic E-state index is 11.1. The third-order valence-electron chi connectivity index (χ3n) is 3.28. The maximum atomic E-state index is 11.1. The molecule has 0 radical (unpaired) electrons. The number of carbonyl (C=O) groups is 2. The van der Waals surface area contributed by atoms with Crippen LogP contribution in [0.3, 0.4) is 0 Å². The lowest BCUT2D eigenvalue weighted by Gasteiger charge is -2.15. The van der Waals surface area contributed by atoms with E-state index in [1.165, 1.54) is 0 Å². The average Bonchev–Trinajstić information content (AvgIpc) is 2.67. The van der Waals surface area contributed by atoms with Gasteiger partial charge in [0.15, 0.2) is 0 Å². The van der Waals surface area contributed by atoms with Gasteiger partial charge in [0.2, 0.25) is 0 Å². The highest BCUT2D eigenvalue weighted by molar-refractivity contribution is 5.80. The molecule has 90 valence electrons. The molecule has 0 fully saturated rings. The fraction of sp³-hybridized carbons (Fsp3) is 0.333. The zero-order valence-electron chi connectivity index (χ0n) is 9.04. The number of carboxylic acid groups (broad SMARTS) is 2. The summed E-state index contributed by atoms with van der Waals surface area (Å²) >= 11 is 0. The lowest BCUT2D eigenvalue weighted by molar-refractivity contribution is -0.141. The molecule has 1 aliphatic rings. The molecule has 5 heteroatoms.